The first-order valence-corrected chi connectivity index (χ1v) is 7.88. The van der Waals surface area contributed by atoms with Crippen molar-refractivity contribution in [3.8, 4) is 11.1 Å². The first-order chi connectivity index (χ1) is 11.1. The van der Waals surface area contributed by atoms with Gasteiger partial charge in [-0.15, -0.1) is 0 Å². The first kappa shape index (κ1) is 14.4. The minimum atomic E-state index is -0.561. The number of H-pyrrole nitrogens is 1. The fraction of sp³-hybridized carbons (Fsp3) is 0.263. The van der Waals surface area contributed by atoms with Crippen molar-refractivity contribution >= 4 is 10.9 Å². The van der Waals surface area contributed by atoms with Crippen LogP contribution < -0.4 is 5.73 Å². The van der Waals surface area contributed by atoms with Gasteiger partial charge < -0.3 is 10.7 Å². The largest absolute Gasteiger partial charge is 0.358 e. The van der Waals surface area contributed by atoms with Gasteiger partial charge in [-0.1, -0.05) is 24.3 Å². The highest BCUT2D eigenvalue weighted by Gasteiger charge is 2.32. The summed E-state index contributed by atoms with van der Waals surface area (Å²) in [7, 11) is 0. The monoisotopic (exact) mass is 312 g/mol. The molecule has 0 aliphatic heterocycles. The molecule has 1 aliphatic rings. The first-order valence-electron chi connectivity index (χ1n) is 7.88. The van der Waals surface area contributed by atoms with Crippen LogP contribution in [0.2, 0.25) is 0 Å². The van der Waals surface area contributed by atoms with Crippen LogP contribution in [0.15, 0.2) is 36.5 Å². The number of nitrogens with two attached hydrogens (primary N) is 1. The maximum absolute atomic E-state index is 14.7. The molecule has 3 N–H and O–H groups in total. The molecule has 0 amide bonds. The number of halogens is 2. The summed E-state index contributed by atoms with van der Waals surface area (Å²) >= 11 is 0. The topological polar surface area (TPSA) is 41.8 Å². The highest BCUT2D eigenvalue weighted by atomic mass is 19.1. The molecular formula is C19H18F2N2. The Balaban J connectivity index is 2.06. The SMILES string of the molecule is Cc1ccccc1-c1c(F)cc(F)c2[nH]cc(C3CCC3N)c12. The van der Waals surface area contributed by atoms with Crippen LogP contribution in [0.25, 0.3) is 22.0 Å². The van der Waals surface area contributed by atoms with Crippen LogP contribution >= 0.6 is 0 Å². The highest BCUT2D eigenvalue weighted by molar-refractivity contribution is 5.99. The number of benzene rings is 2. The Morgan fingerprint density at radius 2 is 1.91 bits per heavy atom. The third-order valence-electron chi connectivity index (χ3n) is 5.03. The molecule has 23 heavy (non-hydrogen) atoms. The van der Waals surface area contributed by atoms with E-state index >= 15 is 0 Å². The van der Waals surface area contributed by atoms with Crippen LogP contribution in [0, 0.1) is 18.6 Å². The number of hydrogen-bond donors (Lipinski definition) is 2. The number of aromatic amines is 1. The Morgan fingerprint density at radius 1 is 1.13 bits per heavy atom. The lowest BCUT2D eigenvalue weighted by Gasteiger charge is -2.33. The summed E-state index contributed by atoms with van der Waals surface area (Å²) < 4.78 is 28.9. The van der Waals surface area contributed by atoms with Gasteiger partial charge in [0.05, 0.1) is 5.52 Å². The molecule has 118 valence electrons. The second-order valence-electron chi connectivity index (χ2n) is 6.37. The zero-order valence-corrected chi connectivity index (χ0v) is 12.9. The standard InChI is InChI=1S/C19H18F2N2/c1-10-4-2-3-5-11(10)17-14(20)8-15(21)19-18(17)13(9-23-19)12-6-7-16(12)22/h2-5,8-9,12,16,23H,6-7,22H2,1H3. The minimum absolute atomic E-state index is 0.0602. The molecule has 2 unspecified atom stereocenters. The van der Waals surface area contributed by atoms with Gasteiger partial charge in [-0.05, 0) is 36.5 Å². The Kier molecular flexibility index (Phi) is 3.23. The van der Waals surface area contributed by atoms with Gasteiger partial charge in [0.15, 0.2) is 0 Å². The fourth-order valence-corrected chi connectivity index (χ4v) is 3.59. The molecule has 2 nitrogen and oxygen atoms in total. The number of nitrogens with one attached hydrogen (secondary N) is 1. The molecule has 0 bridgehead atoms. The van der Waals surface area contributed by atoms with E-state index in [1.165, 1.54) is 0 Å². The van der Waals surface area contributed by atoms with Crippen molar-refractivity contribution in [1.29, 1.82) is 0 Å². The second-order valence-corrected chi connectivity index (χ2v) is 6.37. The number of fused-ring (bicyclic) bond motifs is 1. The van der Waals surface area contributed by atoms with Crippen molar-refractivity contribution in [2.45, 2.75) is 31.7 Å². The fourth-order valence-electron chi connectivity index (χ4n) is 3.59. The second kappa shape index (κ2) is 5.17. The van der Waals surface area contributed by atoms with Gasteiger partial charge in [0.2, 0.25) is 0 Å². The van der Waals surface area contributed by atoms with Crippen molar-refractivity contribution < 1.29 is 8.78 Å². The summed E-state index contributed by atoms with van der Waals surface area (Å²) in [6.45, 7) is 1.94. The number of hydrogen-bond acceptors (Lipinski definition) is 1. The third-order valence-corrected chi connectivity index (χ3v) is 5.03. The van der Waals surface area contributed by atoms with Crippen molar-refractivity contribution in [3.63, 3.8) is 0 Å². The zero-order chi connectivity index (χ0) is 16.1. The van der Waals surface area contributed by atoms with Gasteiger partial charge in [0.1, 0.15) is 11.6 Å². The van der Waals surface area contributed by atoms with Crippen molar-refractivity contribution in [2.75, 3.05) is 0 Å². The molecule has 1 saturated carbocycles. The number of aromatic nitrogens is 1. The van der Waals surface area contributed by atoms with E-state index < -0.39 is 11.6 Å². The van der Waals surface area contributed by atoms with E-state index in [0.29, 0.717) is 16.5 Å². The quantitative estimate of drug-likeness (QED) is 0.712. The molecule has 0 spiro atoms. The lowest BCUT2D eigenvalue weighted by molar-refractivity contribution is 0.348. The van der Waals surface area contributed by atoms with E-state index in [4.69, 9.17) is 5.73 Å². The Morgan fingerprint density at radius 3 is 2.57 bits per heavy atom. The normalized spacial score (nSPS) is 20.7. The van der Waals surface area contributed by atoms with Crippen LogP contribution in [0.1, 0.15) is 29.9 Å². The molecule has 3 aromatic rings. The average Bonchev–Trinajstić information content (AvgIpc) is 2.92. The summed E-state index contributed by atoms with van der Waals surface area (Å²) in [6, 6.07) is 8.62. The lowest BCUT2D eigenvalue weighted by atomic mass is 9.75. The van der Waals surface area contributed by atoms with E-state index in [2.05, 4.69) is 4.98 Å². The van der Waals surface area contributed by atoms with Gasteiger partial charge in [-0.2, -0.15) is 0 Å². The third kappa shape index (κ3) is 2.09. The average molecular weight is 312 g/mol. The molecule has 1 aromatic heterocycles. The van der Waals surface area contributed by atoms with Crippen LogP contribution in [0.5, 0.6) is 0 Å². The molecule has 1 aliphatic carbocycles. The zero-order valence-electron chi connectivity index (χ0n) is 12.9. The summed E-state index contributed by atoms with van der Waals surface area (Å²) in [5.41, 5.74) is 9.61. The molecule has 4 heteroatoms. The molecule has 4 rings (SSSR count). The van der Waals surface area contributed by atoms with Gasteiger partial charge in [-0.3, -0.25) is 0 Å². The summed E-state index contributed by atoms with van der Waals surface area (Å²) in [5, 5.41) is 0.636. The van der Waals surface area contributed by atoms with E-state index in [0.717, 1.165) is 35.6 Å². The molecular weight excluding hydrogens is 294 g/mol. The molecule has 2 atom stereocenters. The van der Waals surface area contributed by atoms with Crippen molar-refractivity contribution in [3.05, 3.63) is 59.3 Å². The predicted molar refractivity (Wildman–Crippen MR) is 88.3 cm³/mol. The number of aryl methyl sites for hydroxylation is 1. The molecule has 0 saturated heterocycles. The van der Waals surface area contributed by atoms with Crippen molar-refractivity contribution in [2.24, 2.45) is 5.73 Å². The maximum atomic E-state index is 14.7. The minimum Gasteiger partial charge on any atom is -0.358 e. The van der Waals surface area contributed by atoms with E-state index in [1.54, 1.807) is 6.20 Å². The van der Waals surface area contributed by atoms with E-state index in [9.17, 15) is 8.78 Å². The van der Waals surface area contributed by atoms with Gasteiger partial charge >= 0.3 is 0 Å². The summed E-state index contributed by atoms with van der Waals surface area (Å²) in [6.07, 6.45) is 3.70. The Hall–Kier alpha value is -2.20. The molecule has 0 radical (unpaired) electrons. The summed E-state index contributed by atoms with van der Waals surface area (Å²) in [5.74, 6) is -0.931. The van der Waals surface area contributed by atoms with Gasteiger partial charge in [0, 0.05) is 35.2 Å². The smallest absolute Gasteiger partial charge is 0.150 e. The van der Waals surface area contributed by atoms with E-state index in [1.807, 2.05) is 31.2 Å². The lowest BCUT2D eigenvalue weighted by Crippen LogP contribution is -2.37. The highest BCUT2D eigenvalue weighted by Crippen LogP contribution is 2.44. The number of rotatable bonds is 2. The Bertz CT molecular complexity index is 898. The Labute approximate surface area is 133 Å². The van der Waals surface area contributed by atoms with Crippen LogP contribution in [-0.4, -0.2) is 11.0 Å². The van der Waals surface area contributed by atoms with E-state index in [-0.39, 0.29) is 12.0 Å². The van der Waals surface area contributed by atoms with Gasteiger partial charge in [-0.25, -0.2) is 8.78 Å². The molecule has 2 aromatic carbocycles. The molecule has 1 fully saturated rings. The van der Waals surface area contributed by atoms with Crippen molar-refractivity contribution in [1.82, 2.24) is 4.98 Å². The van der Waals surface area contributed by atoms with Crippen LogP contribution in [-0.2, 0) is 0 Å². The van der Waals surface area contributed by atoms with Crippen LogP contribution in [0.3, 0.4) is 0 Å². The predicted octanol–water partition coefficient (Wildman–Crippen LogP) is 4.63. The van der Waals surface area contributed by atoms with Crippen LogP contribution in [0.4, 0.5) is 8.78 Å². The van der Waals surface area contributed by atoms with Gasteiger partial charge in [0.25, 0.3) is 0 Å². The maximum Gasteiger partial charge on any atom is 0.150 e. The summed E-state index contributed by atoms with van der Waals surface area (Å²) in [4.78, 5) is 2.99. The molecule has 1 heterocycles.